The van der Waals surface area contributed by atoms with Gasteiger partial charge < -0.3 is 4.74 Å². The number of ether oxygens (including phenoxy) is 1. The van der Waals surface area contributed by atoms with Crippen molar-refractivity contribution >= 4 is 15.9 Å². The molecule has 2 aromatic rings. The van der Waals surface area contributed by atoms with Gasteiger partial charge in [0.05, 0.1) is 16.5 Å². The molecule has 1 N–H and O–H groups in total. The zero-order valence-corrected chi connectivity index (χ0v) is 14.0. The molecule has 0 fully saturated rings. The molecule has 1 amide bonds. The number of aryl methyl sites for hydroxylation is 1. The molecule has 0 heterocycles. The molecule has 0 aliphatic carbocycles. The van der Waals surface area contributed by atoms with E-state index in [-0.39, 0.29) is 10.5 Å². The van der Waals surface area contributed by atoms with E-state index >= 15 is 0 Å². The highest BCUT2D eigenvalue weighted by atomic mass is 32.2. The number of rotatable bonds is 5. The topological polar surface area (TPSA) is 96.3 Å². The Morgan fingerprint density at radius 2 is 1.88 bits per heavy atom. The summed E-state index contributed by atoms with van der Waals surface area (Å²) in [5.74, 6) is -0.800. The summed E-state index contributed by atoms with van der Waals surface area (Å²) in [4.78, 5) is 12.2. The van der Waals surface area contributed by atoms with Crippen molar-refractivity contribution in [2.75, 3.05) is 7.11 Å². The lowest BCUT2D eigenvalue weighted by molar-refractivity contribution is -0.129. The van der Waals surface area contributed by atoms with Crippen LogP contribution in [-0.2, 0) is 19.6 Å². The number of hydrogen-bond acceptors (Lipinski definition) is 5. The molecule has 0 saturated heterocycles. The van der Waals surface area contributed by atoms with Crippen molar-refractivity contribution in [3.63, 3.8) is 0 Å². The summed E-state index contributed by atoms with van der Waals surface area (Å²) >= 11 is 0. The predicted molar refractivity (Wildman–Crippen MR) is 87.4 cm³/mol. The fraction of sp³-hybridized carbons (Fsp3) is 0.176. The molecule has 2 rings (SSSR count). The van der Waals surface area contributed by atoms with Gasteiger partial charge in [-0.3, -0.25) is 4.79 Å². The Labute approximate surface area is 140 Å². The highest BCUT2D eigenvalue weighted by Crippen LogP contribution is 2.20. The Bertz CT molecular complexity index is 887. The van der Waals surface area contributed by atoms with E-state index in [1.54, 1.807) is 37.3 Å². The molecule has 0 aromatic heterocycles. The van der Waals surface area contributed by atoms with Crippen LogP contribution in [0.15, 0.2) is 53.4 Å². The van der Waals surface area contributed by atoms with E-state index in [0.29, 0.717) is 11.1 Å². The number of nitrogens with one attached hydrogen (secondary N) is 1. The van der Waals surface area contributed by atoms with Gasteiger partial charge in [-0.2, -0.15) is 5.26 Å². The van der Waals surface area contributed by atoms with Gasteiger partial charge in [-0.05, 0) is 30.2 Å². The van der Waals surface area contributed by atoms with Crippen LogP contribution in [0.25, 0.3) is 0 Å². The van der Waals surface area contributed by atoms with Crippen LogP contribution in [0, 0.1) is 18.3 Å². The van der Waals surface area contributed by atoms with Gasteiger partial charge in [0.2, 0.25) is 0 Å². The molecule has 7 heteroatoms. The number of nitriles is 1. The molecular formula is C17H16N2O4S. The smallest absolute Gasteiger partial charge is 0.267 e. The van der Waals surface area contributed by atoms with Gasteiger partial charge in [0.1, 0.15) is 0 Å². The van der Waals surface area contributed by atoms with Gasteiger partial charge in [0.15, 0.2) is 6.10 Å². The Morgan fingerprint density at radius 1 is 1.21 bits per heavy atom. The van der Waals surface area contributed by atoms with E-state index in [4.69, 9.17) is 10.00 Å². The third-order valence-electron chi connectivity index (χ3n) is 3.42. The highest BCUT2D eigenvalue weighted by molar-refractivity contribution is 7.90. The third kappa shape index (κ3) is 3.79. The van der Waals surface area contributed by atoms with Gasteiger partial charge in [-0.1, -0.05) is 36.4 Å². The van der Waals surface area contributed by atoms with E-state index < -0.39 is 22.0 Å². The van der Waals surface area contributed by atoms with Crippen molar-refractivity contribution in [1.82, 2.24) is 4.72 Å². The lowest BCUT2D eigenvalue weighted by Gasteiger charge is -2.16. The first-order valence-electron chi connectivity index (χ1n) is 7.04. The van der Waals surface area contributed by atoms with Gasteiger partial charge in [0.25, 0.3) is 15.9 Å². The van der Waals surface area contributed by atoms with E-state index in [1.165, 1.54) is 25.3 Å². The molecule has 0 aliphatic rings. The average molecular weight is 344 g/mol. The molecule has 0 radical (unpaired) electrons. The summed E-state index contributed by atoms with van der Waals surface area (Å²) in [6, 6.07) is 14.7. The molecule has 0 spiro atoms. The van der Waals surface area contributed by atoms with E-state index in [2.05, 4.69) is 0 Å². The molecule has 1 atom stereocenters. The van der Waals surface area contributed by atoms with Gasteiger partial charge in [-0.15, -0.1) is 0 Å². The number of benzene rings is 2. The second kappa shape index (κ2) is 7.25. The number of sulfonamides is 1. The fourth-order valence-corrected chi connectivity index (χ4v) is 3.48. The van der Waals surface area contributed by atoms with Crippen LogP contribution < -0.4 is 4.72 Å². The zero-order valence-electron chi connectivity index (χ0n) is 13.2. The number of methoxy groups -OCH3 is 1. The summed E-state index contributed by atoms with van der Waals surface area (Å²) in [5.41, 5.74) is 1.16. The van der Waals surface area contributed by atoms with Crippen molar-refractivity contribution in [2.45, 2.75) is 17.9 Å². The SMILES string of the molecule is COC(C(=O)NS(=O)(=O)c1cc(C#N)ccc1C)c1ccccc1. The second-order valence-corrected chi connectivity index (χ2v) is 6.74. The summed E-state index contributed by atoms with van der Waals surface area (Å²) in [7, 11) is -2.79. The Kier molecular flexibility index (Phi) is 5.34. The Morgan fingerprint density at radius 3 is 2.46 bits per heavy atom. The normalized spacial score (nSPS) is 12.2. The first kappa shape index (κ1) is 17.7. The summed E-state index contributed by atoms with van der Waals surface area (Å²) in [6.07, 6.45) is -1.06. The monoisotopic (exact) mass is 344 g/mol. The van der Waals surface area contributed by atoms with E-state index in [1.807, 2.05) is 10.8 Å². The number of nitrogens with zero attached hydrogens (tertiary/aromatic N) is 1. The van der Waals surface area contributed by atoms with Crippen LogP contribution >= 0.6 is 0 Å². The molecule has 124 valence electrons. The van der Waals surface area contributed by atoms with E-state index in [0.717, 1.165) is 0 Å². The van der Waals surface area contributed by atoms with Crippen LogP contribution in [0.5, 0.6) is 0 Å². The Hall–Kier alpha value is -2.69. The maximum absolute atomic E-state index is 12.5. The standard InChI is InChI=1S/C17H16N2O4S/c1-12-8-9-13(11-18)10-15(12)24(21,22)19-17(20)16(23-2)14-6-4-3-5-7-14/h3-10,16H,1-2H3,(H,19,20). The second-order valence-electron chi connectivity index (χ2n) is 5.09. The Balaban J connectivity index is 2.32. The highest BCUT2D eigenvalue weighted by Gasteiger charge is 2.27. The van der Waals surface area contributed by atoms with Crippen molar-refractivity contribution in [1.29, 1.82) is 5.26 Å². The minimum atomic E-state index is -4.12. The number of hydrogen-bond donors (Lipinski definition) is 1. The largest absolute Gasteiger partial charge is 0.367 e. The lowest BCUT2D eigenvalue weighted by Crippen LogP contribution is -2.35. The van der Waals surface area contributed by atoms with E-state index in [9.17, 15) is 13.2 Å². The van der Waals surface area contributed by atoms with Crippen LogP contribution in [0.3, 0.4) is 0 Å². The van der Waals surface area contributed by atoms with Crippen molar-refractivity contribution in [3.8, 4) is 6.07 Å². The maximum atomic E-state index is 12.5. The first-order chi connectivity index (χ1) is 11.4. The minimum Gasteiger partial charge on any atom is -0.367 e. The molecule has 1 unspecified atom stereocenters. The molecule has 2 aromatic carbocycles. The number of carbonyl (C=O) groups excluding carboxylic acids is 1. The quantitative estimate of drug-likeness (QED) is 0.895. The van der Waals surface area contributed by atoms with Crippen molar-refractivity contribution < 1.29 is 17.9 Å². The van der Waals surface area contributed by atoms with Crippen LogP contribution in [0.1, 0.15) is 22.8 Å². The van der Waals surface area contributed by atoms with Crippen molar-refractivity contribution in [2.24, 2.45) is 0 Å². The van der Waals surface area contributed by atoms with Gasteiger partial charge >= 0.3 is 0 Å². The summed E-state index contributed by atoms with van der Waals surface area (Å²) < 4.78 is 32.1. The van der Waals surface area contributed by atoms with Crippen LogP contribution in [0.2, 0.25) is 0 Å². The average Bonchev–Trinajstić information content (AvgIpc) is 2.56. The van der Waals surface area contributed by atoms with Crippen LogP contribution in [0.4, 0.5) is 0 Å². The number of carbonyl (C=O) groups is 1. The fourth-order valence-electron chi connectivity index (χ4n) is 2.22. The minimum absolute atomic E-state index is 0.113. The first-order valence-corrected chi connectivity index (χ1v) is 8.52. The molecule has 0 bridgehead atoms. The van der Waals surface area contributed by atoms with Crippen LogP contribution in [-0.4, -0.2) is 21.4 Å². The zero-order chi connectivity index (χ0) is 17.7. The molecular weight excluding hydrogens is 328 g/mol. The predicted octanol–water partition coefficient (Wildman–Crippen LogP) is 2.06. The summed E-state index contributed by atoms with van der Waals surface area (Å²) in [6.45, 7) is 1.59. The van der Waals surface area contributed by atoms with Crippen molar-refractivity contribution in [3.05, 3.63) is 65.2 Å². The maximum Gasteiger partial charge on any atom is 0.267 e. The number of amides is 1. The molecule has 0 aliphatic heterocycles. The lowest BCUT2D eigenvalue weighted by atomic mass is 10.1. The summed E-state index contributed by atoms with van der Waals surface area (Å²) in [5, 5.41) is 8.92. The molecule has 6 nitrogen and oxygen atoms in total. The third-order valence-corrected chi connectivity index (χ3v) is 4.91. The van der Waals surface area contributed by atoms with Gasteiger partial charge in [0, 0.05) is 7.11 Å². The molecule has 24 heavy (non-hydrogen) atoms. The molecule has 0 saturated carbocycles. The van der Waals surface area contributed by atoms with Gasteiger partial charge in [-0.25, -0.2) is 13.1 Å².